The zero-order valence-electron chi connectivity index (χ0n) is 10.5. The molecule has 8 heteroatoms. The van der Waals surface area contributed by atoms with E-state index >= 15 is 0 Å². The number of nitrogen functional groups attached to an aromatic ring is 1. The van der Waals surface area contributed by atoms with E-state index in [1.165, 1.54) is 13.0 Å². The minimum Gasteiger partial charge on any atom is -0.399 e. The minimum atomic E-state index is -3.94. The van der Waals surface area contributed by atoms with Gasteiger partial charge in [-0.3, -0.25) is 10.1 Å². The number of benzene rings is 1. The topological polar surface area (TPSA) is 132 Å². The number of nitrogens with two attached hydrogens (primary N) is 2. The lowest BCUT2D eigenvalue weighted by Crippen LogP contribution is -2.43. The number of urea groups is 1. The molecule has 7 nitrogen and oxygen atoms in total. The van der Waals surface area contributed by atoms with Crippen LogP contribution < -0.4 is 16.8 Å². The number of anilines is 1. The van der Waals surface area contributed by atoms with Crippen LogP contribution in [0.3, 0.4) is 0 Å². The van der Waals surface area contributed by atoms with Gasteiger partial charge in [-0.25, -0.2) is 13.2 Å². The molecule has 0 saturated heterocycles. The second kappa shape index (κ2) is 5.27. The van der Waals surface area contributed by atoms with Crippen molar-refractivity contribution >= 4 is 27.5 Å². The lowest BCUT2D eigenvalue weighted by atomic mass is 10.2. The first kappa shape index (κ1) is 15.0. The summed E-state index contributed by atoms with van der Waals surface area (Å²) in [6.45, 7) is 2.77. The van der Waals surface area contributed by atoms with Gasteiger partial charge in [0, 0.05) is 5.69 Å². The third-order valence-corrected chi connectivity index (χ3v) is 4.80. The Morgan fingerprint density at radius 3 is 2.42 bits per heavy atom. The molecule has 0 heterocycles. The molecule has 0 saturated carbocycles. The van der Waals surface area contributed by atoms with Crippen LogP contribution >= 0.6 is 0 Å². The monoisotopic (exact) mass is 285 g/mol. The number of nitrogens with one attached hydrogen (secondary N) is 1. The van der Waals surface area contributed by atoms with E-state index in [1.54, 1.807) is 24.4 Å². The first-order valence-electron chi connectivity index (χ1n) is 5.36. The van der Waals surface area contributed by atoms with Crippen molar-refractivity contribution in [3.05, 3.63) is 23.8 Å². The van der Waals surface area contributed by atoms with Gasteiger partial charge in [0.2, 0.25) is 5.91 Å². The van der Waals surface area contributed by atoms with E-state index in [4.69, 9.17) is 11.5 Å². The second-order valence-electron chi connectivity index (χ2n) is 4.07. The number of hydrogen-bond donors (Lipinski definition) is 3. The third kappa shape index (κ3) is 3.22. The van der Waals surface area contributed by atoms with Crippen LogP contribution in [0, 0.1) is 6.92 Å². The molecule has 0 aliphatic carbocycles. The molecule has 0 radical (unpaired) electrons. The van der Waals surface area contributed by atoms with Crippen molar-refractivity contribution in [2.45, 2.75) is 24.0 Å². The van der Waals surface area contributed by atoms with Crippen molar-refractivity contribution in [1.29, 1.82) is 0 Å². The molecular formula is C11H15N3O4S. The Morgan fingerprint density at radius 1 is 1.32 bits per heavy atom. The molecular weight excluding hydrogens is 270 g/mol. The summed E-state index contributed by atoms with van der Waals surface area (Å²) in [4.78, 5) is 22.1. The van der Waals surface area contributed by atoms with Crippen molar-refractivity contribution in [1.82, 2.24) is 5.32 Å². The Hall–Kier alpha value is -2.09. The first-order valence-corrected chi connectivity index (χ1v) is 6.91. The fourth-order valence-electron chi connectivity index (χ4n) is 1.48. The van der Waals surface area contributed by atoms with E-state index in [0.717, 1.165) is 0 Å². The summed E-state index contributed by atoms with van der Waals surface area (Å²) in [5.74, 6) is -0.977. The Labute approximate surface area is 110 Å². The molecule has 0 bridgehead atoms. The number of amides is 3. The molecule has 1 unspecified atom stereocenters. The third-order valence-electron chi connectivity index (χ3n) is 2.60. The van der Waals surface area contributed by atoms with Gasteiger partial charge < -0.3 is 11.5 Å². The maximum Gasteiger partial charge on any atom is 0.318 e. The molecule has 3 amide bonds. The Balaban J connectivity index is 3.20. The number of aryl methyl sites for hydroxylation is 1. The molecule has 1 atom stereocenters. The summed E-state index contributed by atoms with van der Waals surface area (Å²) in [7, 11) is -3.94. The standard InChI is InChI=1S/C11H15N3O4S/c1-6-3-4-8(12)5-9(6)19(17,18)7(2)10(15)14-11(13)16/h3-5,7H,12H2,1-2H3,(H3,13,14,15,16). The van der Waals surface area contributed by atoms with Crippen molar-refractivity contribution in [2.75, 3.05) is 5.73 Å². The number of primary amides is 1. The average Bonchev–Trinajstić information content (AvgIpc) is 2.30. The highest BCUT2D eigenvalue weighted by Crippen LogP contribution is 2.22. The molecule has 0 aliphatic rings. The molecule has 0 spiro atoms. The Bertz CT molecular complexity index is 625. The highest BCUT2D eigenvalue weighted by Gasteiger charge is 2.31. The van der Waals surface area contributed by atoms with E-state index in [9.17, 15) is 18.0 Å². The number of hydrogen-bond acceptors (Lipinski definition) is 5. The van der Waals surface area contributed by atoms with Gasteiger partial charge in [-0.15, -0.1) is 0 Å². The van der Waals surface area contributed by atoms with Crippen molar-refractivity contribution < 1.29 is 18.0 Å². The molecule has 0 aliphatic heterocycles. The average molecular weight is 285 g/mol. The summed E-state index contributed by atoms with van der Waals surface area (Å²) in [6, 6.07) is 3.28. The number of sulfone groups is 1. The van der Waals surface area contributed by atoms with Crippen LogP contribution in [-0.4, -0.2) is 25.6 Å². The smallest absolute Gasteiger partial charge is 0.318 e. The van der Waals surface area contributed by atoms with Crippen LogP contribution in [0.1, 0.15) is 12.5 Å². The SMILES string of the molecule is Cc1ccc(N)cc1S(=O)(=O)C(C)C(=O)NC(N)=O. The number of carbonyl (C=O) groups excluding carboxylic acids is 2. The maximum absolute atomic E-state index is 12.3. The molecule has 5 N–H and O–H groups in total. The van der Waals surface area contributed by atoms with Crippen molar-refractivity contribution in [3.63, 3.8) is 0 Å². The number of rotatable bonds is 3. The zero-order chi connectivity index (χ0) is 14.8. The fourth-order valence-corrected chi connectivity index (χ4v) is 3.02. The van der Waals surface area contributed by atoms with Crippen LogP contribution in [0.4, 0.5) is 10.5 Å². The fraction of sp³-hybridized carbons (Fsp3) is 0.273. The van der Waals surface area contributed by atoms with Crippen LogP contribution in [-0.2, 0) is 14.6 Å². The summed E-state index contributed by atoms with van der Waals surface area (Å²) in [5.41, 5.74) is 11.1. The van der Waals surface area contributed by atoms with Crippen LogP contribution in [0.5, 0.6) is 0 Å². The van der Waals surface area contributed by atoms with Gasteiger partial charge in [0.25, 0.3) is 0 Å². The summed E-state index contributed by atoms with van der Waals surface area (Å²) in [5, 5.41) is 0.298. The molecule has 1 rings (SSSR count). The van der Waals surface area contributed by atoms with Crippen LogP contribution in [0.2, 0.25) is 0 Å². The molecule has 104 valence electrons. The Morgan fingerprint density at radius 2 is 1.89 bits per heavy atom. The number of carbonyl (C=O) groups is 2. The van der Waals surface area contributed by atoms with E-state index in [1.807, 2.05) is 0 Å². The lowest BCUT2D eigenvalue weighted by molar-refractivity contribution is -0.119. The zero-order valence-corrected chi connectivity index (χ0v) is 11.3. The molecule has 19 heavy (non-hydrogen) atoms. The van der Waals surface area contributed by atoms with Crippen LogP contribution in [0.25, 0.3) is 0 Å². The van der Waals surface area contributed by atoms with E-state index in [-0.39, 0.29) is 10.6 Å². The predicted molar refractivity (Wildman–Crippen MR) is 70.0 cm³/mol. The van der Waals surface area contributed by atoms with Gasteiger partial charge in [0.15, 0.2) is 9.84 Å². The maximum atomic E-state index is 12.3. The van der Waals surface area contributed by atoms with Gasteiger partial charge in [-0.05, 0) is 31.5 Å². The van der Waals surface area contributed by atoms with Gasteiger partial charge in [0.05, 0.1) is 4.90 Å². The number of imide groups is 1. The molecule has 0 fully saturated rings. The minimum absolute atomic E-state index is 0.0420. The largest absolute Gasteiger partial charge is 0.399 e. The highest BCUT2D eigenvalue weighted by molar-refractivity contribution is 7.92. The van der Waals surface area contributed by atoms with Gasteiger partial charge >= 0.3 is 6.03 Å². The molecule has 0 aromatic heterocycles. The summed E-state index contributed by atoms with van der Waals surface area (Å²) < 4.78 is 24.5. The van der Waals surface area contributed by atoms with Gasteiger partial charge in [0.1, 0.15) is 5.25 Å². The Kier molecular flexibility index (Phi) is 4.15. The van der Waals surface area contributed by atoms with Crippen LogP contribution in [0.15, 0.2) is 23.1 Å². The van der Waals surface area contributed by atoms with Crippen molar-refractivity contribution in [3.8, 4) is 0 Å². The van der Waals surface area contributed by atoms with Gasteiger partial charge in [-0.1, -0.05) is 6.07 Å². The normalized spacial score (nSPS) is 12.7. The molecule has 1 aromatic rings. The van der Waals surface area contributed by atoms with Crippen molar-refractivity contribution in [2.24, 2.45) is 5.73 Å². The first-order chi connectivity index (χ1) is 8.66. The van der Waals surface area contributed by atoms with E-state index in [2.05, 4.69) is 0 Å². The van der Waals surface area contributed by atoms with E-state index < -0.39 is 27.0 Å². The second-order valence-corrected chi connectivity index (χ2v) is 6.30. The highest BCUT2D eigenvalue weighted by atomic mass is 32.2. The lowest BCUT2D eigenvalue weighted by Gasteiger charge is -2.14. The summed E-state index contributed by atoms with van der Waals surface area (Å²) in [6.07, 6.45) is 0. The summed E-state index contributed by atoms with van der Waals surface area (Å²) >= 11 is 0. The quantitative estimate of drug-likeness (QED) is 0.669. The molecule has 1 aromatic carbocycles. The van der Waals surface area contributed by atoms with Gasteiger partial charge in [-0.2, -0.15) is 0 Å². The predicted octanol–water partition coefficient (Wildman–Crippen LogP) is -0.0657. The van der Waals surface area contributed by atoms with E-state index in [0.29, 0.717) is 5.56 Å².